The second-order valence-corrected chi connectivity index (χ2v) is 5.09. The average Bonchev–Trinajstić information content (AvgIpc) is 2.95. The van der Waals surface area contributed by atoms with E-state index >= 15 is 0 Å². The van der Waals surface area contributed by atoms with Crippen molar-refractivity contribution < 1.29 is 0 Å². The molecule has 0 aromatic carbocycles. The fraction of sp³-hybridized carbons (Fsp3) is 0.385. The number of rotatable bonds is 3. The second kappa shape index (κ2) is 4.81. The lowest BCUT2D eigenvalue weighted by Gasteiger charge is -2.07. The lowest BCUT2D eigenvalue weighted by atomic mass is 10.2. The van der Waals surface area contributed by atoms with E-state index in [1.165, 1.54) is 5.56 Å². The predicted molar refractivity (Wildman–Crippen MR) is 79.7 cm³/mol. The van der Waals surface area contributed by atoms with Crippen molar-refractivity contribution in [3.63, 3.8) is 0 Å². The summed E-state index contributed by atoms with van der Waals surface area (Å²) in [5.41, 5.74) is 6.67. The van der Waals surface area contributed by atoms with Gasteiger partial charge in [-0.25, -0.2) is 15.8 Å². The Labute approximate surface area is 122 Å². The normalized spacial score (nSPS) is 11.3. The van der Waals surface area contributed by atoms with Crippen molar-refractivity contribution in [2.24, 2.45) is 12.9 Å². The van der Waals surface area contributed by atoms with Gasteiger partial charge in [-0.15, -0.1) is 0 Å². The van der Waals surface area contributed by atoms with Crippen molar-refractivity contribution in [1.82, 2.24) is 29.5 Å². The topological polar surface area (TPSA) is 99.5 Å². The molecule has 0 aliphatic heterocycles. The number of nitrogen functional groups attached to an aromatic ring is 1. The molecule has 0 fully saturated rings. The molecule has 0 saturated carbocycles. The summed E-state index contributed by atoms with van der Waals surface area (Å²) in [5.74, 6) is 6.76. The number of nitrogens with one attached hydrogen (secondary N) is 1. The summed E-state index contributed by atoms with van der Waals surface area (Å²) < 4.78 is 3.61. The molecule has 8 nitrogen and oxygen atoms in total. The summed E-state index contributed by atoms with van der Waals surface area (Å²) in [6.45, 7) is 6.60. The van der Waals surface area contributed by atoms with E-state index in [9.17, 15) is 0 Å². The number of nitrogens with zero attached hydrogens (tertiary/aromatic N) is 6. The summed E-state index contributed by atoms with van der Waals surface area (Å²) >= 11 is 0. The average molecular weight is 286 g/mol. The van der Waals surface area contributed by atoms with Crippen LogP contribution in [0.2, 0.25) is 0 Å². The summed E-state index contributed by atoms with van der Waals surface area (Å²) in [7, 11) is 1.84. The van der Waals surface area contributed by atoms with Gasteiger partial charge in [0, 0.05) is 12.7 Å². The summed E-state index contributed by atoms with van der Waals surface area (Å²) in [5, 5.41) is 9.50. The highest BCUT2D eigenvalue weighted by molar-refractivity contribution is 5.86. The molecule has 0 aliphatic carbocycles. The first kappa shape index (κ1) is 13.5. The maximum Gasteiger partial charge on any atom is 0.163 e. The number of aryl methyl sites for hydroxylation is 2. The molecule has 21 heavy (non-hydrogen) atoms. The van der Waals surface area contributed by atoms with Crippen molar-refractivity contribution in [2.45, 2.75) is 27.3 Å². The molecule has 0 aliphatic rings. The van der Waals surface area contributed by atoms with Crippen LogP contribution >= 0.6 is 0 Å². The Bertz CT molecular complexity index is 813. The maximum atomic E-state index is 5.55. The zero-order valence-electron chi connectivity index (χ0n) is 12.5. The van der Waals surface area contributed by atoms with E-state index in [4.69, 9.17) is 5.84 Å². The first-order chi connectivity index (χ1) is 10.0. The highest BCUT2D eigenvalue weighted by Crippen LogP contribution is 2.19. The van der Waals surface area contributed by atoms with Crippen LogP contribution in [-0.4, -0.2) is 29.5 Å². The first-order valence-electron chi connectivity index (χ1n) is 6.67. The van der Waals surface area contributed by atoms with E-state index < -0.39 is 0 Å². The molecular formula is C13H18N8. The quantitative estimate of drug-likeness (QED) is 0.546. The van der Waals surface area contributed by atoms with Gasteiger partial charge >= 0.3 is 0 Å². The van der Waals surface area contributed by atoms with E-state index in [2.05, 4.69) is 32.5 Å². The molecule has 110 valence electrons. The summed E-state index contributed by atoms with van der Waals surface area (Å²) in [6.07, 6.45) is 1.70. The Balaban J connectivity index is 2.08. The summed E-state index contributed by atoms with van der Waals surface area (Å²) in [6, 6.07) is 0. The van der Waals surface area contributed by atoms with Gasteiger partial charge in [-0.3, -0.25) is 9.36 Å². The van der Waals surface area contributed by atoms with Crippen LogP contribution in [0.15, 0.2) is 6.20 Å². The Morgan fingerprint density at radius 2 is 2.00 bits per heavy atom. The molecule has 3 aromatic heterocycles. The van der Waals surface area contributed by atoms with Crippen molar-refractivity contribution in [1.29, 1.82) is 0 Å². The molecule has 3 rings (SSSR count). The lowest BCUT2D eigenvalue weighted by Crippen LogP contribution is -2.14. The fourth-order valence-corrected chi connectivity index (χ4v) is 2.32. The Hall–Kier alpha value is -2.48. The molecular weight excluding hydrogens is 268 g/mol. The number of aromatic nitrogens is 6. The third-order valence-corrected chi connectivity index (χ3v) is 3.81. The molecule has 3 aromatic rings. The van der Waals surface area contributed by atoms with Crippen LogP contribution in [0, 0.1) is 20.8 Å². The number of hydrogen-bond donors (Lipinski definition) is 2. The molecule has 0 atom stereocenters. The SMILES string of the molecule is Cc1nn(Cc2nc(NN)c3cnn(C)c3n2)c(C)c1C. The fourth-order valence-electron chi connectivity index (χ4n) is 2.32. The molecule has 0 amide bonds. The predicted octanol–water partition coefficient (Wildman–Crippen LogP) is 0.819. The first-order valence-corrected chi connectivity index (χ1v) is 6.67. The minimum absolute atomic E-state index is 0.496. The van der Waals surface area contributed by atoms with Crippen molar-refractivity contribution in [2.75, 3.05) is 5.43 Å². The van der Waals surface area contributed by atoms with Gasteiger partial charge in [0.05, 0.1) is 17.3 Å². The third kappa shape index (κ3) is 2.13. The van der Waals surface area contributed by atoms with Gasteiger partial charge in [-0.2, -0.15) is 10.2 Å². The number of hydrazine groups is 1. The van der Waals surface area contributed by atoms with E-state index in [1.54, 1.807) is 10.9 Å². The molecule has 0 saturated heterocycles. The lowest BCUT2D eigenvalue weighted by molar-refractivity contribution is 0.632. The zero-order valence-corrected chi connectivity index (χ0v) is 12.5. The van der Waals surface area contributed by atoms with E-state index in [0.29, 0.717) is 18.2 Å². The standard InChI is InChI=1S/C13H18N8/c1-7-8(2)19-21(9(7)3)6-11-16-12(18-14)10-5-15-20(4)13(10)17-11/h5H,6,14H2,1-4H3,(H,16,17,18). The van der Waals surface area contributed by atoms with Crippen LogP contribution in [0.5, 0.6) is 0 Å². The molecule has 0 radical (unpaired) electrons. The van der Waals surface area contributed by atoms with Crippen LogP contribution in [0.4, 0.5) is 5.82 Å². The molecule has 3 heterocycles. The van der Waals surface area contributed by atoms with Gasteiger partial charge in [-0.05, 0) is 26.3 Å². The maximum absolute atomic E-state index is 5.55. The molecule has 0 spiro atoms. The number of nitrogens with two attached hydrogens (primary N) is 1. The monoisotopic (exact) mass is 286 g/mol. The largest absolute Gasteiger partial charge is 0.308 e. The zero-order chi connectivity index (χ0) is 15.1. The molecule has 3 N–H and O–H groups in total. The Kier molecular flexibility index (Phi) is 3.09. The third-order valence-electron chi connectivity index (χ3n) is 3.81. The van der Waals surface area contributed by atoms with Crippen LogP contribution < -0.4 is 11.3 Å². The number of fused-ring (bicyclic) bond motifs is 1. The highest BCUT2D eigenvalue weighted by Gasteiger charge is 2.13. The van der Waals surface area contributed by atoms with E-state index in [1.807, 2.05) is 25.6 Å². The van der Waals surface area contributed by atoms with Crippen molar-refractivity contribution in [3.8, 4) is 0 Å². The minimum Gasteiger partial charge on any atom is -0.308 e. The van der Waals surface area contributed by atoms with Gasteiger partial charge in [0.25, 0.3) is 0 Å². The minimum atomic E-state index is 0.496. The Morgan fingerprint density at radius 3 is 2.62 bits per heavy atom. The van der Waals surface area contributed by atoms with Gasteiger partial charge in [-0.1, -0.05) is 0 Å². The molecule has 0 bridgehead atoms. The van der Waals surface area contributed by atoms with Crippen LogP contribution in [0.3, 0.4) is 0 Å². The van der Waals surface area contributed by atoms with E-state index in [-0.39, 0.29) is 0 Å². The van der Waals surface area contributed by atoms with Gasteiger partial charge < -0.3 is 5.43 Å². The summed E-state index contributed by atoms with van der Waals surface area (Å²) in [4.78, 5) is 9.00. The number of hydrogen-bond acceptors (Lipinski definition) is 6. The van der Waals surface area contributed by atoms with Crippen LogP contribution in [-0.2, 0) is 13.6 Å². The van der Waals surface area contributed by atoms with Gasteiger partial charge in [0.15, 0.2) is 17.3 Å². The van der Waals surface area contributed by atoms with E-state index in [0.717, 1.165) is 22.4 Å². The molecule has 8 heteroatoms. The highest BCUT2D eigenvalue weighted by atomic mass is 15.3. The van der Waals surface area contributed by atoms with Crippen LogP contribution in [0.25, 0.3) is 11.0 Å². The smallest absolute Gasteiger partial charge is 0.163 e. The van der Waals surface area contributed by atoms with Crippen molar-refractivity contribution >= 4 is 16.9 Å². The molecule has 0 unspecified atom stereocenters. The second-order valence-electron chi connectivity index (χ2n) is 5.09. The Morgan fingerprint density at radius 1 is 1.24 bits per heavy atom. The van der Waals surface area contributed by atoms with Crippen LogP contribution in [0.1, 0.15) is 22.8 Å². The van der Waals surface area contributed by atoms with Gasteiger partial charge in [0.1, 0.15) is 6.54 Å². The number of anilines is 1. The van der Waals surface area contributed by atoms with Gasteiger partial charge in [0.2, 0.25) is 0 Å². The van der Waals surface area contributed by atoms with Crippen molar-refractivity contribution in [3.05, 3.63) is 29.0 Å².